The van der Waals surface area contributed by atoms with Crippen molar-refractivity contribution in [2.45, 2.75) is 33.0 Å². The SMILES string of the molecule is CCN1CCc2ccc(C(=O)Cn3ncc(OCc4ccc(Cl)cn4)cc3=O)cc2C1. The second kappa shape index (κ2) is 9.41. The number of aromatic nitrogens is 3. The molecule has 1 aliphatic heterocycles. The minimum absolute atomic E-state index is 0.117. The highest BCUT2D eigenvalue weighted by atomic mass is 35.5. The number of ketones is 1. The van der Waals surface area contributed by atoms with E-state index < -0.39 is 5.56 Å². The zero-order valence-electron chi connectivity index (χ0n) is 17.3. The quantitative estimate of drug-likeness (QED) is 0.527. The average Bonchev–Trinajstić information content (AvgIpc) is 2.79. The fraction of sp³-hybridized carbons (Fsp3) is 0.304. The third kappa shape index (κ3) is 5.18. The van der Waals surface area contributed by atoms with E-state index in [1.54, 1.807) is 12.1 Å². The molecule has 1 aromatic carbocycles. The van der Waals surface area contributed by atoms with Crippen molar-refractivity contribution in [2.75, 3.05) is 13.1 Å². The molecule has 2 aromatic heterocycles. The van der Waals surface area contributed by atoms with E-state index in [9.17, 15) is 9.59 Å². The van der Waals surface area contributed by atoms with E-state index in [0.29, 0.717) is 22.0 Å². The molecule has 0 unspecified atom stereocenters. The average molecular weight is 439 g/mol. The summed E-state index contributed by atoms with van der Waals surface area (Å²) in [5.41, 5.74) is 3.34. The van der Waals surface area contributed by atoms with Gasteiger partial charge in [0.15, 0.2) is 5.78 Å². The van der Waals surface area contributed by atoms with Crippen molar-refractivity contribution in [3.8, 4) is 5.75 Å². The highest BCUT2D eigenvalue weighted by molar-refractivity contribution is 6.30. The molecule has 8 heteroatoms. The van der Waals surface area contributed by atoms with Crippen LogP contribution in [0.1, 0.15) is 34.1 Å². The number of pyridine rings is 1. The molecule has 0 spiro atoms. The Morgan fingerprint density at radius 2 is 2.03 bits per heavy atom. The lowest BCUT2D eigenvalue weighted by Crippen LogP contribution is -2.30. The van der Waals surface area contributed by atoms with Gasteiger partial charge in [-0.2, -0.15) is 5.10 Å². The lowest BCUT2D eigenvalue weighted by molar-refractivity contribution is 0.0965. The number of benzene rings is 1. The molecule has 0 fully saturated rings. The van der Waals surface area contributed by atoms with Gasteiger partial charge in [0.25, 0.3) is 5.56 Å². The normalized spacial score (nSPS) is 13.6. The van der Waals surface area contributed by atoms with Crippen LogP contribution in [0.3, 0.4) is 0 Å². The van der Waals surface area contributed by atoms with Crippen molar-refractivity contribution in [1.82, 2.24) is 19.7 Å². The maximum absolute atomic E-state index is 12.8. The largest absolute Gasteiger partial charge is 0.485 e. The summed E-state index contributed by atoms with van der Waals surface area (Å²) in [4.78, 5) is 31.7. The fourth-order valence-electron chi connectivity index (χ4n) is 3.55. The molecule has 3 heterocycles. The maximum atomic E-state index is 12.8. The lowest BCUT2D eigenvalue weighted by atomic mass is 9.96. The molecule has 3 aromatic rings. The number of Topliss-reactive ketones (excluding diaryl/α,β-unsaturated/α-hetero) is 1. The number of hydrogen-bond donors (Lipinski definition) is 0. The van der Waals surface area contributed by atoms with Crippen LogP contribution in [-0.4, -0.2) is 38.5 Å². The van der Waals surface area contributed by atoms with E-state index in [1.165, 1.54) is 29.6 Å². The lowest BCUT2D eigenvalue weighted by Gasteiger charge is -2.27. The number of hydrogen-bond acceptors (Lipinski definition) is 6. The summed E-state index contributed by atoms with van der Waals surface area (Å²) in [6.45, 7) is 5.08. The second-order valence-corrected chi connectivity index (χ2v) is 7.91. The van der Waals surface area contributed by atoms with Gasteiger partial charge in [-0.3, -0.25) is 19.5 Å². The molecular weight excluding hydrogens is 416 g/mol. The van der Waals surface area contributed by atoms with Crippen LogP contribution >= 0.6 is 11.6 Å². The highest BCUT2D eigenvalue weighted by Crippen LogP contribution is 2.20. The molecule has 1 aliphatic rings. The molecule has 4 rings (SSSR count). The fourth-order valence-corrected chi connectivity index (χ4v) is 3.66. The topological polar surface area (TPSA) is 77.3 Å². The van der Waals surface area contributed by atoms with Crippen LogP contribution in [0.25, 0.3) is 0 Å². The van der Waals surface area contributed by atoms with E-state index in [-0.39, 0.29) is 18.9 Å². The Hall–Kier alpha value is -3.03. The Balaban J connectivity index is 1.41. The zero-order valence-corrected chi connectivity index (χ0v) is 18.0. The molecule has 7 nitrogen and oxygen atoms in total. The van der Waals surface area contributed by atoms with Gasteiger partial charge >= 0.3 is 0 Å². The van der Waals surface area contributed by atoms with Gasteiger partial charge in [-0.05, 0) is 42.3 Å². The zero-order chi connectivity index (χ0) is 21.8. The van der Waals surface area contributed by atoms with Crippen LogP contribution in [-0.2, 0) is 26.1 Å². The predicted molar refractivity (Wildman–Crippen MR) is 118 cm³/mol. The van der Waals surface area contributed by atoms with Gasteiger partial charge in [-0.15, -0.1) is 0 Å². The van der Waals surface area contributed by atoms with Gasteiger partial charge in [-0.1, -0.05) is 30.7 Å². The summed E-state index contributed by atoms with van der Waals surface area (Å²) in [6.07, 6.45) is 3.95. The third-order valence-corrected chi connectivity index (χ3v) is 5.60. The third-order valence-electron chi connectivity index (χ3n) is 5.38. The molecule has 160 valence electrons. The summed E-state index contributed by atoms with van der Waals surface area (Å²) in [6, 6.07) is 10.6. The predicted octanol–water partition coefficient (Wildman–Crippen LogP) is 3.13. The number of rotatable bonds is 7. The van der Waals surface area contributed by atoms with Crippen LogP contribution in [0.2, 0.25) is 5.02 Å². The van der Waals surface area contributed by atoms with Crippen LogP contribution in [0.15, 0.2) is 53.6 Å². The Morgan fingerprint density at radius 3 is 2.77 bits per heavy atom. The first-order valence-corrected chi connectivity index (χ1v) is 10.6. The smallest absolute Gasteiger partial charge is 0.270 e. The Labute approximate surface area is 185 Å². The van der Waals surface area contributed by atoms with Gasteiger partial charge < -0.3 is 4.74 Å². The van der Waals surface area contributed by atoms with Crippen molar-refractivity contribution < 1.29 is 9.53 Å². The minimum Gasteiger partial charge on any atom is -0.485 e. The number of ether oxygens (including phenoxy) is 1. The molecular formula is C23H23ClN4O3. The van der Waals surface area contributed by atoms with Crippen LogP contribution in [0.4, 0.5) is 0 Å². The first-order chi connectivity index (χ1) is 15.0. The Bertz CT molecular complexity index is 1140. The van der Waals surface area contributed by atoms with Crippen molar-refractivity contribution in [1.29, 1.82) is 0 Å². The number of carbonyl (C=O) groups is 1. The molecule has 31 heavy (non-hydrogen) atoms. The monoisotopic (exact) mass is 438 g/mol. The molecule has 0 radical (unpaired) electrons. The molecule has 0 saturated heterocycles. The molecule has 0 amide bonds. The van der Waals surface area contributed by atoms with Crippen LogP contribution in [0.5, 0.6) is 5.75 Å². The first kappa shape index (κ1) is 21.2. The number of likely N-dealkylation sites (N-methyl/N-ethyl adjacent to an activating group) is 1. The van der Waals surface area contributed by atoms with Gasteiger partial charge in [0.2, 0.25) is 0 Å². The van der Waals surface area contributed by atoms with Gasteiger partial charge in [0.1, 0.15) is 18.9 Å². The molecule has 0 aliphatic carbocycles. The summed E-state index contributed by atoms with van der Waals surface area (Å²) >= 11 is 5.81. The van der Waals surface area contributed by atoms with Crippen LogP contribution < -0.4 is 10.3 Å². The minimum atomic E-state index is -0.398. The maximum Gasteiger partial charge on any atom is 0.270 e. The second-order valence-electron chi connectivity index (χ2n) is 7.47. The number of halogens is 1. The van der Waals surface area contributed by atoms with E-state index in [2.05, 4.69) is 21.9 Å². The van der Waals surface area contributed by atoms with Crippen molar-refractivity contribution >= 4 is 17.4 Å². The van der Waals surface area contributed by atoms with Crippen molar-refractivity contribution in [3.63, 3.8) is 0 Å². The standard InChI is InChI=1S/C23H23ClN4O3/c1-2-27-8-7-16-3-4-17(9-18(16)13-27)22(29)14-28-23(30)10-21(12-26-28)31-15-20-6-5-19(24)11-25-20/h3-6,9-12H,2,7-8,13-15H2,1H3. The van der Waals surface area contributed by atoms with Gasteiger partial charge in [-0.25, -0.2) is 4.68 Å². The van der Waals surface area contributed by atoms with Crippen molar-refractivity contribution in [3.05, 3.63) is 86.6 Å². The first-order valence-electron chi connectivity index (χ1n) is 10.2. The summed E-state index contributed by atoms with van der Waals surface area (Å²) in [5.74, 6) is 0.170. The highest BCUT2D eigenvalue weighted by Gasteiger charge is 2.17. The summed E-state index contributed by atoms with van der Waals surface area (Å²) in [7, 11) is 0. The molecule has 0 bridgehead atoms. The van der Waals surface area contributed by atoms with E-state index in [4.69, 9.17) is 16.3 Å². The number of nitrogens with zero attached hydrogens (tertiary/aromatic N) is 4. The Kier molecular flexibility index (Phi) is 6.44. The van der Waals surface area contributed by atoms with Gasteiger partial charge in [0, 0.05) is 30.9 Å². The summed E-state index contributed by atoms with van der Waals surface area (Å²) in [5, 5.41) is 4.63. The number of fused-ring (bicyclic) bond motifs is 1. The Morgan fingerprint density at radius 1 is 1.16 bits per heavy atom. The molecule has 0 atom stereocenters. The van der Waals surface area contributed by atoms with E-state index in [1.807, 2.05) is 18.2 Å². The molecule has 0 N–H and O–H groups in total. The van der Waals surface area contributed by atoms with Crippen molar-refractivity contribution in [2.24, 2.45) is 0 Å². The van der Waals surface area contributed by atoms with E-state index >= 15 is 0 Å². The number of carbonyl (C=O) groups excluding carboxylic acids is 1. The molecule has 0 saturated carbocycles. The van der Waals surface area contributed by atoms with Gasteiger partial charge in [0.05, 0.1) is 16.9 Å². The van der Waals surface area contributed by atoms with Crippen LogP contribution in [0, 0.1) is 0 Å². The van der Waals surface area contributed by atoms with E-state index in [0.717, 1.165) is 30.7 Å². The summed E-state index contributed by atoms with van der Waals surface area (Å²) < 4.78 is 6.72.